The number of rotatable bonds is 7. The van der Waals surface area contributed by atoms with Crippen LogP contribution in [0.4, 0.5) is 0 Å². The van der Waals surface area contributed by atoms with Crippen LogP contribution in [-0.2, 0) is 4.74 Å². The minimum absolute atomic E-state index is 0.365. The van der Waals surface area contributed by atoms with Gasteiger partial charge in [-0.05, 0) is 31.5 Å². The molecular formula is C17H27NO2. The summed E-state index contributed by atoms with van der Waals surface area (Å²) in [6.45, 7) is 6.26. The molecule has 1 aromatic carbocycles. The Morgan fingerprint density at radius 3 is 2.50 bits per heavy atom. The Kier molecular flexibility index (Phi) is 6.51. The normalized spacial score (nSPS) is 19.7. The van der Waals surface area contributed by atoms with Gasteiger partial charge >= 0.3 is 0 Å². The van der Waals surface area contributed by atoms with E-state index in [2.05, 4.69) is 36.1 Å². The Balaban J connectivity index is 1.62. The van der Waals surface area contributed by atoms with Gasteiger partial charge in [-0.1, -0.05) is 43.7 Å². The van der Waals surface area contributed by atoms with Gasteiger partial charge in [0.15, 0.2) is 0 Å². The summed E-state index contributed by atoms with van der Waals surface area (Å²) in [5.41, 5.74) is 1.29. The third-order valence-corrected chi connectivity index (χ3v) is 3.96. The first-order valence-electron chi connectivity index (χ1n) is 7.79. The first kappa shape index (κ1) is 15.5. The highest BCUT2D eigenvalue weighted by atomic mass is 16.5. The lowest BCUT2D eigenvalue weighted by Gasteiger charge is -2.28. The van der Waals surface area contributed by atoms with Gasteiger partial charge in [0, 0.05) is 12.5 Å². The van der Waals surface area contributed by atoms with Crippen LogP contribution in [0, 0.1) is 0 Å². The molecule has 1 heterocycles. The minimum atomic E-state index is -0.365. The van der Waals surface area contributed by atoms with Gasteiger partial charge in [0.05, 0.1) is 19.3 Å². The van der Waals surface area contributed by atoms with Crippen molar-refractivity contribution in [3.8, 4) is 0 Å². The molecule has 0 radical (unpaired) electrons. The molecule has 0 aromatic heterocycles. The van der Waals surface area contributed by atoms with E-state index >= 15 is 0 Å². The van der Waals surface area contributed by atoms with E-state index in [0.29, 0.717) is 19.1 Å². The van der Waals surface area contributed by atoms with Crippen molar-refractivity contribution in [3.05, 3.63) is 35.9 Å². The lowest BCUT2D eigenvalue weighted by Crippen LogP contribution is -2.38. The predicted molar refractivity (Wildman–Crippen MR) is 82.0 cm³/mol. The monoisotopic (exact) mass is 277 g/mol. The molecule has 0 amide bonds. The summed E-state index contributed by atoms with van der Waals surface area (Å²) in [6.07, 6.45) is 3.49. The molecule has 0 unspecified atom stereocenters. The Labute approximate surface area is 122 Å². The van der Waals surface area contributed by atoms with E-state index in [4.69, 9.17) is 4.74 Å². The molecule has 2 rings (SSSR count). The first-order chi connectivity index (χ1) is 9.75. The Hall–Kier alpha value is -0.900. The van der Waals surface area contributed by atoms with Crippen LogP contribution in [0.1, 0.15) is 37.7 Å². The molecule has 1 saturated heterocycles. The number of benzene rings is 1. The third kappa shape index (κ3) is 5.23. The van der Waals surface area contributed by atoms with Crippen molar-refractivity contribution in [2.75, 3.05) is 32.8 Å². The first-order valence-corrected chi connectivity index (χ1v) is 7.79. The maximum absolute atomic E-state index is 10.0. The van der Waals surface area contributed by atoms with E-state index in [1.807, 2.05) is 6.07 Å². The van der Waals surface area contributed by atoms with E-state index in [9.17, 15) is 5.11 Å². The zero-order chi connectivity index (χ0) is 14.2. The molecule has 2 atom stereocenters. The minimum Gasteiger partial charge on any atom is -0.389 e. The van der Waals surface area contributed by atoms with Crippen LogP contribution in [0.2, 0.25) is 0 Å². The molecule has 1 aromatic rings. The van der Waals surface area contributed by atoms with Crippen LogP contribution in [0.15, 0.2) is 30.3 Å². The van der Waals surface area contributed by atoms with Gasteiger partial charge in [-0.25, -0.2) is 0 Å². The van der Waals surface area contributed by atoms with Gasteiger partial charge in [-0.2, -0.15) is 0 Å². The number of hydrogen-bond acceptors (Lipinski definition) is 3. The SMILES string of the molecule is C[C@H](COC[C@H](O)CN1CCCCC1)c1ccccc1. The van der Waals surface area contributed by atoms with Gasteiger partial charge in [0.25, 0.3) is 0 Å². The van der Waals surface area contributed by atoms with Crippen LogP contribution in [0.3, 0.4) is 0 Å². The Bertz CT molecular complexity index is 363. The van der Waals surface area contributed by atoms with E-state index < -0.39 is 0 Å². The quantitative estimate of drug-likeness (QED) is 0.831. The summed E-state index contributed by atoms with van der Waals surface area (Å²) in [5.74, 6) is 0.374. The summed E-state index contributed by atoms with van der Waals surface area (Å²) in [5, 5.41) is 10.0. The zero-order valence-corrected chi connectivity index (χ0v) is 12.5. The molecule has 3 heteroatoms. The van der Waals surface area contributed by atoms with Gasteiger partial charge < -0.3 is 14.7 Å². The van der Waals surface area contributed by atoms with Crippen molar-refractivity contribution in [3.63, 3.8) is 0 Å². The smallest absolute Gasteiger partial charge is 0.0900 e. The van der Waals surface area contributed by atoms with Gasteiger partial charge in [-0.15, -0.1) is 0 Å². The highest BCUT2D eigenvalue weighted by Gasteiger charge is 2.15. The lowest BCUT2D eigenvalue weighted by atomic mass is 10.0. The molecule has 0 aliphatic carbocycles. The van der Waals surface area contributed by atoms with Crippen molar-refractivity contribution in [2.45, 2.75) is 38.2 Å². The van der Waals surface area contributed by atoms with Crippen molar-refractivity contribution < 1.29 is 9.84 Å². The zero-order valence-electron chi connectivity index (χ0n) is 12.5. The average Bonchev–Trinajstić information content (AvgIpc) is 2.49. The number of β-amino-alcohol motifs (C(OH)–C–C–N with tert-alkyl or cyclic N) is 1. The van der Waals surface area contributed by atoms with Crippen molar-refractivity contribution in [1.82, 2.24) is 4.90 Å². The number of nitrogens with zero attached hydrogens (tertiary/aromatic N) is 1. The molecule has 1 aliphatic rings. The molecule has 3 nitrogen and oxygen atoms in total. The number of likely N-dealkylation sites (tertiary alicyclic amines) is 1. The van der Waals surface area contributed by atoms with Crippen LogP contribution in [0.5, 0.6) is 0 Å². The fraction of sp³-hybridized carbons (Fsp3) is 0.647. The standard InChI is InChI=1S/C17H27NO2/c1-15(16-8-4-2-5-9-16)13-20-14-17(19)12-18-10-6-3-7-11-18/h2,4-5,8-9,15,17,19H,3,6-7,10-14H2,1H3/t15-,17-/m1/s1. The highest BCUT2D eigenvalue weighted by molar-refractivity contribution is 5.18. The maximum Gasteiger partial charge on any atom is 0.0900 e. The summed E-state index contributed by atoms with van der Waals surface area (Å²) in [7, 11) is 0. The van der Waals surface area contributed by atoms with Crippen LogP contribution in [0.25, 0.3) is 0 Å². The molecule has 20 heavy (non-hydrogen) atoms. The number of aliphatic hydroxyl groups excluding tert-OH is 1. The van der Waals surface area contributed by atoms with Gasteiger partial charge in [-0.3, -0.25) is 0 Å². The average molecular weight is 277 g/mol. The second-order valence-corrected chi connectivity index (χ2v) is 5.86. The Morgan fingerprint density at radius 1 is 1.10 bits per heavy atom. The number of hydrogen-bond donors (Lipinski definition) is 1. The number of ether oxygens (including phenoxy) is 1. The number of aliphatic hydroxyl groups is 1. The van der Waals surface area contributed by atoms with Crippen molar-refractivity contribution in [2.24, 2.45) is 0 Å². The second kappa shape index (κ2) is 8.40. The highest BCUT2D eigenvalue weighted by Crippen LogP contribution is 2.15. The van der Waals surface area contributed by atoms with Crippen LogP contribution >= 0.6 is 0 Å². The van der Waals surface area contributed by atoms with Crippen LogP contribution < -0.4 is 0 Å². The summed E-state index contributed by atoms with van der Waals surface area (Å²) >= 11 is 0. The van der Waals surface area contributed by atoms with E-state index in [1.54, 1.807) is 0 Å². The largest absolute Gasteiger partial charge is 0.389 e. The molecule has 0 saturated carbocycles. The number of piperidine rings is 1. The molecular weight excluding hydrogens is 250 g/mol. The molecule has 0 bridgehead atoms. The topological polar surface area (TPSA) is 32.7 Å². The van der Waals surface area contributed by atoms with Gasteiger partial charge in [0.1, 0.15) is 0 Å². The van der Waals surface area contributed by atoms with Crippen molar-refractivity contribution in [1.29, 1.82) is 0 Å². The molecule has 1 fully saturated rings. The Morgan fingerprint density at radius 2 is 1.80 bits per heavy atom. The summed E-state index contributed by atoms with van der Waals surface area (Å²) < 4.78 is 5.68. The second-order valence-electron chi connectivity index (χ2n) is 5.86. The van der Waals surface area contributed by atoms with E-state index in [-0.39, 0.29) is 6.10 Å². The fourth-order valence-corrected chi connectivity index (χ4v) is 2.75. The maximum atomic E-state index is 10.0. The predicted octanol–water partition coefficient (Wildman–Crippen LogP) is 2.65. The van der Waals surface area contributed by atoms with Gasteiger partial charge in [0.2, 0.25) is 0 Å². The molecule has 0 spiro atoms. The van der Waals surface area contributed by atoms with E-state index in [1.165, 1.54) is 24.8 Å². The van der Waals surface area contributed by atoms with E-state index in [0.717, 1.165) is 19.6 Å². The third-order valence-electron chi connectivity index (χ3n) is 3.96. The summed E-state index contributed by atoms with van der Waals surface area (Å²) in [6, 6.07) is 10.4. The fourth-order valence-electron chi connectivity index (χ4n) is 2.75. The molecule has 1 N–H and O–H groups in total. The van der Waals surface area contributed by atoms with Crippen LogP contribution in [-0.4, -0.2) is 49.0 Å². The lowest BCUT2D eigenvalue weighted by molar-refractivity contribution is 0.0102. The van der Waals surface area contributed by atoms with Crippen molar-refractivity contribution >= 4 is 0 Å². The summed E-state index contributed by atoms with van der Waals surface area (Å²) in [4.78, 5) is 2.35. The molecule has 1 aliphatic heterocycles. The molecule has 112 valence electrons.